The van der Waals surface area contributed by atoms with Gasteiger partial charge in [-0.25, -0.2) is 15.0 Å². The third-order valence-corrected chi connectivity index (χ3v) is 2.48. The van der Waals surface area contributed by atoms with Crippen molar-refractivity contribution in [3.8, 4) is 0 Å². The molecule has 0 amide bonds. The smallest absolute Gasteiger partial charge is 0.189 e. The molecule has 13 heavy (non-hydrogen) atoms. The molecule has 0 unspecified atom stereocenters. The molecule has 0 aliphatic heterocycles. The van der Waals surface area contributed by atoms with Crippen LogP contribution in [0.3, 0.4) is 0 Å². The summed E-state index contributed by atoms with van der Waals surface area (Å²) < 4.78 is 0. The van der Waals surface area contributed by atoms with Crippen LogP contribution in [0.15, 0.2) is 28.9 Å². The van der Waals surface area contributed by atoms with Gasteiger partial charge in [0, 0.05) is 12.4 Å². The molecule has 0 radical (unpaired) electrons. The Bertz CT molecular complexity index is 390. The van der Waals surface area contributed by atoms with E-state index in [1.54, 1.807) is 6.20 Å². The number of hydrogen-bond donors (Lipinski definition) is 1. The minimum absolute atomic E-state index is 0.365. The molecule has 0 fully saturated rings. The highest BCUT2D eigenvalue weighted by Crippen LogP contribution is 2.26. The van der Waals surface area contributed by atoms with E-state index in [1.165, 1.54) is 24.3 Å². The number of rotatable bonds is 2. The average Bonchev–Trinajstić information content (AvgIpc) is 2.61. The summed E-state index contributed by atoms with van der Waals surface area (Å²) in [6.07, 6.45) is 4.53. The van der Waals surface area contributed by atoms with Gasteiger partial charge in [-0.05, 0) is 11.8 Å². The summed E-state index contributed by atoms with van der Waals surface area (Å²) in [6.45, 7) is 0. The fourth-order valence-electron chi connectivity index (χ4n) is 0.712. The zero-order valence-electron chi connectivity index (χ0n) is 6.31. The zero-order valence-corrected chi connectivity index (χ0v) is 7.88. The Morgan fingerprint density at radius 2 is 2.08 bits per heavy atom. The third-order valence-electron chi connectivity index (χ3n) is 1.21. The van der Waals surface area contributed by atoms with Gasteiger partial charge in [0.1, 0.15) is 11.4 Å². The fourth-order valence-corrected chi connectivity index (χ4v) is 1.56. The van der Waals surface area contributed by atoms with E-state index < -0.39 is 0 Å². The maximum absolute atomic E-state index is 5.78. The standard InChI is InChI=1S/C6H4ClN5S/c7-4-5(9-2-1-8-4)13-6-10-3-11-12-6/h1-3H,(H,10,11,12). The molecule has 0 atom stereocenters. The largest absolute Gasteiger partial charge is 0.254 e. The maximum atomic E-state index is 5.78. The van der Waals surface area contributed by atoms with Gasteiger partial charge in [0.15, 0.2) is 10.3 Å². The predicted octanol–water partition coefficient (Wildman–Crippen LogP) is 1.40. The highest BCUT2D eigenvalue weighted by molar-refractivity contribution is 7.99. The third kappa shape index (κ3) is 1.96. The van der Waals surface area contributed by atoms with Crippen molar-refractivity contribution >= 4 is 23.4 Å². The lowest BCUT2D eigenvalue weighted by molar-refractivity contribution is 0.962. The SMILES string of the molecule is Clc1nccnc1Sc1ncn[nH]1. The Hall–Kier alpha value is -1.14. The first-order valence-corrected chi connectivity index (χ1v) is 4.55. The van der Waals surface area contributed by atoms with Gasteiger partial charge < -0.3 is 0 Å². The molecule has 0 saturated carbocycles. The van der Waals surface area contributed by atoms with Crippen molar-refractivity contribution in [3.63, 3.8) is 0 Å². The van der Waals surface area contributed by atoms with Gasteiger partial charge in [-0.15, -0.1) is 0 Å². The lowest BCUT2D eigenvalue weighted by atomic mass is 10.8. The zero-order chi connectivity index (χ0) is 9.10. The molecule has 0 aliphatic carbocycles. The fraction of sp³-hybridized carbons (Fsp3) is 0. The van der Waals surface area contributed by atoms with E-state index in [4.69, 9.17) is 11.6 Å². The van der Waals surface area contributed by atoms with Crippen LogP contribution in [0, 0.1) is 0 Å². The quantitative estimate of drug-likeness (QED) is 0.817. The molecular formula is C6H4ClN5S. The van der Waals surface area contributed by atoms with Crippen molar-refractivity contribution in [1.82, 2.24) is 25.1 Å². The van der Waals surface area contributed by atoms with Crippen molar-refractivity contribution in [2.75, 3.05) is 0 Å². The van der Waals surface area contributed by atoms with E-state index in [0.29, 0.717) is 15.3 Å². The van der Waals surface area contributed by atoms with Crippen LogP contribution in [-0.4, -0.2) is 25.1 Å². The molecule has 0 spiro atoms. The Morgan fingerprint density at radius 3 is 2.77 bits per heavy atom. The number of nitrogens with zero attached hydrogens (tertiary/aromatic N) is 4. The molecular weight excluding hydrogens is 210 g/mol. The van der Waals surface area contributed by atoms with Crippen molar-refractivity contribution in [3.05, 3.63) is 23.9 Å². The molecule has 0 bridgehead atoms. The number of aromatic amines is 1. The van der Waals surface area contributed by atoms with Crippen LogP contribution in [0.2, 0.25) is 5.15 Å². The Balaban J connectivity index is 2.24. The summed E-state index contributed by atoms with van der Waals surface area (Å²) >= 11 is 7.07. The molecule has 0 aliphatic rings. The summed E-state index contributed by atoms with van der Waals surface area (Å²) in [5, 5.41) is 8.01. The van der Waals surface area contributed by atoms with Gasteiger partial charge in [-0.1, -0.05) is 11.6 Å². The van der Waals surface area contributed by atoms with Crippen LogP contribution < -0.4 is 0 Å². The second-order valence-electron chi connectivity index (χ2n) is 2.04. The number of nitrogens with one attached hydrogen (secondary N) is 1. The van der Waals surface area contributed by atoms with E-state index >= 15 is 0 Å². The number of aromatic nitrogens is 5. The number of halogens is 1. The van der Waals surface area contributed by atoms with Gasteiger partial charge in [0.05, 0.1) is 0 Å². The van der Waals surface area contributed by atoms with Crippen molar-refractivity contribution in [1.29, 1.82) is 0 Å². The van der Waals surface area contributed by atoms with Gasteiger partial charge in [0.25, 0.3) is 0 Å². The molecule has 2 aromatic heterocycles. The molecule has 0 saturated heterocycles. The van der Waals surface area contributed by atoms with Gasteiger partial charge in [-0.3, -0.25) is 5.10 Å². The minimum Gasteiger partial charge on any atom is -0.254 e. The summed E-state index contributed by atoms with van der Waals surface area (Å²) in [6, 6.07) is 0. The highest BCUT2D eigenvalue weighted by Gasteiger charge is 2.05. The first-order chi connectivity index (χ1) is 6.36. The summed E-state index contributed by atoms with van der Waals surface area (Å²) in [7, 11) is 0. The summed E-state index contributed by atoms with van der Waals surface area (Å²) in [4.78, 5) is 11.8. The van der Waals surface area contributed by atoms with E-state index in [-0.39, 0.29) is 0 Å². The van der Waals surface area contributed by atoms with E-state index in [9.17, 15) is 0 Å². The molecule has 2 rings (SSSR count). The van der Waals surface area contributed by atoms with Crippen LogP contribution in [-0.2, 0) is 0 Å². The van der Waals surface area contributed by atoms with Crippen molar-refractivity contribution < 1.29 is 0 Å². The molecule has 1 N–H and O–H groups in total. The van der Waals surface area contributed by atoms with Crippen LogP contribution >= 0.6 is 23.4 Å². The second-order valence-corrected chi connectivity index (χ2v) is 3.38. The molecule has 2 heterocycles. The predicted molar refractivity (Wildman–Crippen MR) is 47.5 cm³/mol. The monoisotopic (exact) mass is 213 g/mol. The Kier molecular flexibility index (Phi) is 2.42. The van der Waals surface area contributed by atoms with Gasteiger partial charge in [0.2, 0.25) is 0 Å². The minimum atomic E-state index is 0.365. The Labute approximate surface area is 83.0 Å². The van der Waals surface area contributed by atoms with E-state index in [2.05, 4.69) is 25.1 Å². The second kappa shape index (κ2) is 3.71. The van der Waals surface area contributed by atoms with Crippen LogP contribution in [0.1, 0.15) is 0 Å². The highest BCUT2D eigenvalue weighted by atomic mass is 35.5. The van der Waals surface area contributed by atoms with Gasteiger partial charge >= 0.3 is 0 Å². The first-order valence-electron chi connectivity index (χ1n) is 3.36. The number of hydrogen-bond acceptors (Lipinski definition) is 5. The van der Waals surface area contributed by atoms with Crippen molar-refractivity contribution in [2.45, 2.75) is 10.2 Å². The van der Waals surface area contributed by atoms with Crippen LogP contribution in [0.4, 0.5) is 0 Å². The molecule has 2 aromatic rings. The molecule has 0 aromatic carbocycles. The average molecular weight is 214 g/mol. The lowest BCUT2D eigenvalue weighted by Gasteiger charge is -1.96. The Morgan fingerprint density at radius 1 is 1.23 bits per heavy atom. The summed E-state index contributed by atoms with van der Waals surface area (Å²) in [5.74, 6) is 0. The normalized spacial score (nSPS) is 10.2. The molecule has 7 heteroatoms. The van der Waals surface area contributed by atoms with E-state index in [0.717, 1.165) is 0 Å². The first kappa shape index (κ1) is 8.46. The molecule has 66 valence electrons. The lowest BCUT2D eigenvalue weighted by Crippen LogP contribution is -1.85. The van der Waals surface area contributed by atoms with E-state index in [1.807, 2.05) is 0 Å². The molecule has 5 nitrogen and oxygen atoms in total. The van der Waals surface area contributed by atoms with Crippen LogP contribution in [0.25, 0.3) is 0 Å². The van der Waals surface area contributed by atoms with Gasteiger partial charge in [-0.2, -0.15) is 5.10 Å². The summed E-state index contributed by atoms with van der Waals surface area (Å²) in [5.41, 5.74) is 0. The number of H-pyrrole nitrogens is 1. The van der Waals surface area contributed by atoms with Crippen LogP contribution in [0.5, 0.6) is 0 Å². The topological polar surface area (TPSA) is 67.3 Å². The van der Waals surface area contributed by atoms with Crippen molar-refractivity contribution in [2.24, 2.45) is 0 Å². The maximum Gasteiger partial charge on any atom is 0.189 e.